The highest BCUT2D eigenvalue weighted by Gasteiger charge is 2.25. The molecule has 4 rings (SSSR count). The van der Waals surface area contributed by atoms with E-state index in [9.17, 15) is 5.11 Å². The quantitative estimate of drug-likeness (QED) is 0.723. The van der Waals surface area contributed by atoms with Gasteiger partial charge in [0.05, 0.1) is 11.6 Å². The third-order valence-corrected chi connectivity index (χ3v) is 6.06. The molecule has 0 saturated carbocycles. The summed E-state index contributed by atoms with van der Waals surface area (Å²) in [5, 5.41) is 12.0. The smallest absolute Gasteiger partial charge is 0.0732 e. The fourth-order valence-corrected chi connectivity index (χ4v) is 4.30. The van der Waals surface area contributed by atoms with Crippen LogP contribution >= 0.6 is 0 Å². The lowest BCUT2D eigenvalue weighted by molar-refractivity contribution is 0.0814. The van der Waals surface area contributed by atoms with Gasteiger partial charge in [-0.2, -0.15) is 0 Å². The summed E-state index contributed by atoms with van der Waals surface area (Å²) in [6.45, 7) is 4.95. The van der Waals surface area contributed by atoms with Crippen LogP contribution in [0.25, 0.3) is 10.9 Å². The summed E-state index contributed by atoms with van der Waals surface area (Å²) < 4.78 is 0. The first-order chi connectivity index (χ1) is 13.2. The minimum Gasteiger partial charge on any atom is -0.391 e. The van der Waals surface area contributed by atoms with Gasteiger partial charge in [-0.05, 0) is 55.1 Å². The fraction of sp³-hybridized carbons (Fsp3) is 0.375. The van der Waals surface area contributed by atoms with Crippen LogP contribution in [-0.2, 0) is 0 Å². The molecule has 1 aliphatic heterocycles. The van der Waals surface area contributed by atoms with Crippen LogP contribution in [0.3, 0.4) is 0 Å². The van der Waals surface area contributed by atoms with Crippen LogP contribution < -0.4 is 0 Å². The highest BCUT2D eigenvalue weighted by atomic mass is 16.3. The number of nitrogens with zero attached hydrogens (tertiary/aromatic N) is 2. The van der Waals surface area contributed by atoms with E-state index in [0.29, 0.717) is 5.92 Å². The molecule has 0 bridgehead atoms. The number of β-amino-alcohol motifs (C(OH)–C–C–N with tert-alkyl or cyclic N) is 1. The molecule has 0 aliphatic carbocycles. The van der Waals surface area contributed by atoms with Crippen LogP contribution in [-0.4, -0.2) is 40.7 Å². The zero-order valence-corrected chi connectivity index (χ0v) is 16.0. The molecule has 3 heteroatoms. The zero-order chi connectivity index (χ0) is 18.6. The average molecular weight is 361 g/mol. The Kier molecular flexibility index (Phi) is 5.51. The van der Waals surface area contributed by atoms with Gasteiger partial charge in [-0.3, -0.25) is 4.98 Å². The first-order valence-corrected chi connectivity index (χ1v) is 10.0. The summed E-state index contributed by atoms with van der Waals surface area (Å²) in [5.41, 5.74) is 3.73. The lowest BCUT2D eigenvalue weighted by atomic mass is 9.87. The molecular weight excluding hydrogens is 332 g/mol. The summed E-state index contributed by atoms with van der Waals surface area (Å²) in [7, 11) is 0. The second-order valence-corrected chi connectivity index (χ2v) is 7.76. The van der Waals surface area contributed by atoms with Gasteiger partial charge >= 0.3 is 0 Å². The van der Waals surface area contributed by atoms with E-state index < -0.39 is 0 Å². The number of hydrogen-bond donors (Lipinski definition) is 1. The Balaban J connectivity index is 1.37. The highest BCUT2D eigenvalue weighted by Crippen LogP contribution is 2.32. The van der Waals surface area contributed by atoms with Crippen molar-refractivity contribution in [1.29, 1.82) is 0 Å². The molecule has 0 spiro atoms. The Hall–Kier alpha value is -2.23. The molecule has 2 heterocycles. The monoisotopic (exact) mass is 360 g/mol. The maximum absolute atomic E-state index is 10.7. The normalized spacial score (nSPS) is 18.4. The first-order valence-electron chi connectivity index (χ1n) is 10.0. The van der Waals surface area contributed by atoms with Gasteiger partial charge in [-0.25, -0.2) is 0 Å². The van der Waals surface area contributed by atoms with Gasteiger partial charge < -0.3 is 10.0 Å². The molecule has 3 nitrogen and oxygen atoms in total. The third kappa shape index (κ3) is 4.05. The zero-order valence-electron chi connectivity index (χ0n) is 16.0. The second-order valence-electron chi connectivity index (χ2n) is 7.76. The summed E-state index contributed by atoms with van der Waals surface area (Å²) in [5.74, 6) is 0.742. The predicted octanol–water partition coefficient (Wildman–Crippen LogP) is 4.58. The standard InChI is InChI=1S/C24H28N2O/c1-18(19-7-3-2-4-8-19)24(27)17-26-15-12-20(13-16-26)21-11-14-25-23-10-6-5-9-22(21)23/h2-11,14,18,20,24,27H,12-13,15-17H2,1H3. The summed E-state index contributed by atoms with van der Waals surface area (Å²) >= 11 is 0. The Morgan fingerprint density at radius 2 is 1.70 bits per heavy atom. The van der Waals surface area contributed by atoms with Crippen molar-refractivity contribution < 1.29 is 5.11 Å². The number of aromatic nitrogens is 1. The number of aliphatic hydroxyl groups is 1. The minimum atomic E-state index is -0.328. The third-order valence-electron chi connectivity index (χ3n) is 6.06. The molecule has 3 aromatic rings. The molecule has 0 amide bonds. The first kappa shape index (κ1) is 18.1. The molecule has 0 radical (unpaired) electrons. The molecule has 2 atom stereocenters. The Morgan fingerprint density at radius 1 is 1.00 bits per heavy atom. The van der Waals surface area contributed by atoms with Crippen molar-refractivity contribution >= 4 is 10.9 Å². The van der Waals surface area contributed by atoms with Crippen molar-refractivity contribution in [2.75, 3.05) is 19.6 Å². The van der Waals surface area contributed by atoms with Crippen molar-refractivity contribution in [3.05, 3.63) is 78.0 Å². The molecule has 2 aromatic carbocycles. The lowest BCUT2D eigenvalue weighted by Crippen LogP contribution is -2.40. The van der Waals surface area contributed by atoms with Crippen LogP contribution in [0.1, 0.15) is 42.7 Å². The summed E-state index contributed by atoms with van der Waals surface area (Å²) in [6, 6.07) is 21.0. The fourth-order valence-electron chi connectivity index (χ4n) is 4.30. The van der Waals surface area contributed by atoms with E-state index in [1.807, 2.05) is 24.4 Å². The van der Waals surface area contributed by atoms with Crippen LogP contribution in [0.2, 0.25) is 0 Å². The van der Waals surface area contributed by atoms with E-state index in [0.717, 1.165) is 38.0 Å². The number of para-hydroxylation sites is 1. The molecule has 2 unspecified atom stereocenters. The summed E-state index contributed by atoms with van der Waals surface area (Å²) in [6.07, 6.45) is 3.89. The second kappa shape index (κ2) is 8.20. The summed E-state index contributed by atoms with van der Waals surface area (Å²) in [4.78, 5) is 6.92. The van der Waals surface area contributed by atoms with Gasteiger partial charge in [-0.1, -0.05) is 55.5 Å². The molecule has 27 heavy (non-hydrogen) atoms. The number of fused-ring (bicyclic) bond motifs is 1. The number of pyridine rings is 1. The van der Waals surface area contributed by atoms with Crippen molar-refractivity contribution in [1.82, 2.24) is 9.88 Å². The van der Waals surface area contributed by atoms with Gasteiger partial charge in [0.25, 0.3) is 0 Å². The number of likely N-dealkylation sites (tertiary alicyclic amines) is 1. The van der Waals surface area contributed by atoms with Crippen molar-refractivity contribution in [2.24, 2.45) is 0 Å². The largest absolute Gasteiger partial charge is 0.391 e. The lowest BCUT2D eigenvalue weighted by Gasteiger charge is -2.35. The van der Waals surface area contributed by atoms with E-state index in [2.05, 4.69) is 59.3 Å². The van der Waals surface area contributed by atoms with Crippen molar-refractivity contribution in [3.63, 3.8) is 0 Å². The average Bonchev–Trinajstić information content (AvgIpc) is 2.74. The van der Waals surface area contributed by atoms with E-state index in [-0.39, 0.29) is 12.0 Å². The number of piperidine rings is 1. The molecule has 140 valence electrons. The van der Waals surface area contributed by atoms with Crippen LogP contribution in [0.5, 0.6) is 0 Å². The van der Waals surface area contributed by atoms with Gasteiger partial charge in [-0.15, -0.1) is 0 Å². The Labute approximate surface area is 161 Å². The minimum absolute atomic E-state index is 0.160. The highest BCUT2D eigenvalue weighted by molar-refractivity contribution is 5.82. The van der Waals surface area contributed by atoms with Crippen molar-refractivity contribution in [3.8, 4) is 0 Å². The van der Waals surface area contributed by atoms with E-state index in [1.165, 1.54) is 16.5 Å². The Bertz CT molecular complexity index is 866. The number of aliphatic hydroxyl groups excluding tert-OH is 1. The Morgan fingerprint density at radius 3 is 2.48 bits per heavy atom. The molecular formula is C24H28N2O. The topological polar surface area (TPSA) is 36.4 Å². The van der Waals surface area contributed by atoms with E-state index >= 15 is 0 Å². The van der Waals surface area contributed by atoms with Crippen LogP contribution in [0.4, 0.5) is 0 Å². The molecule has 1 fully saturated rings. The van der Waals surface area contributed by atoms with Crippen molar-refractivity contribution in [2.45, 2.75) is 37.7 Å². The number of hydrogen-bond acceptors (Lipinski definition) is 3. The van der Waals surface area contributed by atoms with E-state index in [4.69, 9.17) is 0 Å². The maximum Gasteiger partial charge on any atom is 0.0732 e. The van der Waals surface area contributed by atoms with Crippen LogP contribution in [0.15, 0.2) is 66.9 Å². The van der Waals surface area contributed by atoms with Gasteiger partial charge in [0.2, 0.25) is 0 Å². The van der Waals surface area contributed by atoms with E-state index in [1.54, 1.807) is 0 Å². The van der Waals surface area contributed by atoms with Gasteiger partial charge in [0.1, 0.15) is 0 Å². The number of rotatable bonds is 5. The molecule has 1 aliphatic rings. The molecule has 1 N–H and O–H groups in total. The predicted molar refractivity (Wildman–Crippen MR) is 111 cm³/mol. The number of benzene rings is 2. The maximum atomic E-state index is 10.7. The molecule has 1 aromatic heterocycles. The molecule has 1 saturated heterocycles. The van der Waals surface area contributed by atoms with Gasteiger partial charge in [0.15, 0.2) is 0 Å². The van der Waals surface area contributed by atoms with Gasteiger partial charge in [0, 0.05) is 24.0 Å². The van der Waals surface area contributed by atoms with Crippen LogP contribution in [0, 0.1) is 0 Å². The SMILES string of the molecule is CC(c1ccccc1)C(O)CN1CCC(c2ccnc3ccccc23)CC1.